The number of primary amides is 1. The Morgan fingerprint density at radius 3 is 2.93 bits per heavy atom. The molecule has 1 aromatic heterocycles. The molecule has 0 saturated carbocycles. The number of hydrogen-bond donors (Lipinski definition) is 3. The van der Waals surface area contributed by atoms with E-state index in [0.717, 1.165) is 0 Å². The predicted molar refractivity (Wildman–Crippen MR) is 52.2 cm³/mol. The largest absolute Gasteiger partial charge is 0.481 e. The molecule has 0 aromatic carbocycles. The van der Waals surface area contributed by atoms with E-state index in [1.54, 1.807) is 19.6 Å². The van der Waals surface area contributed by atoms with Gasteiger partial charge < -0.3 is 10.8 Å². The molecule has 0 aliphatic carbocycles. The van der Waals surface area contributed by atoms with E-state index in [1.165, 1.54) is 6.20 Å². The number of aromatic nitrogens is 2. The molecule has 1 heterocycles. The van der Waals surface area contributed by atoms with Crippen molar-refractivity contribution in [3.63, 3.8) is 0 Å². The molecule has 1 aromatic rings. The van der Waals surface area contributed by atoms with E-state index in [-0.39, 0.29) is 12.0 Å². The van der Waals surface area contributed by atoms with E-state index < -0.39 is 17.3 Å². The number of hydrogen-bond acceptors (Lipinski definition) is 3. The molecular weight excluding hydrogens is 198 g/mol. The highest BCUT2D eigenvalue weighted by Gasteiger charge is 2.29. The van der Waals surface area contributed by atoms with Gasteiger partial charge in [-0.05, 0) is 13.8 Å². The first kappa shape index (κ1) is 9.70. The Hall–Kier alpha value is -1.85. The van der Waals surface area contributed by atoms with Gasteiger partial charge in [-0.3, -0.25) is 14.7 Å². The third-order valence-electron chi connectivity index (χ3n) is 2.16. The van der Waals surface area contributed by atoms with Crippen LogP contribution >= 0.6 is 0 Å². The average molecular weight is 212 g/mol. The van der Waals surface area contributed by atoms with Crippen molar-refractivity contribution in [2.24, 2.45) is 11.1 Å². The Labute approximate surface area is 87.9 Å². The number of nitrogens with zero attached hydrogens (tertiary/aromatic N) is 1. The van der Waals surface area contributed by atoms with Crippen molar-refractivity contribution in [3.05, 3.63) is 17.5 Å². The summed E-state index contributed by atoms with van der Waals surface area (Å²) in [4.78, 5) is 22.2. The summed E-state index contributed by atoms with van der Waals surface area (Å²) in [6.07, 6.45) is 1.42. The van der Waals surface area contributed by atoms with Gasteiger partial charge in [0.05, 0.1) is 17.2 Å². The van der Waals surface area contributed by atoms with Crippen molar-refractivity contribution in [1.29, 1.82) is 0 Å². The SMILES string of the molecule is [2H]NC(=O)c1cn[nH]c1CC(C)(C)C(=O)O. The number of aliphatic carboxylic acids is 1. The Morgan fingerprint density at radius 2 is 2.40 bits per heavy atom. The predicted octanol–water partition coefficient (Wildman–Crippen LogP) is 0.162. The summed E-state index contributed by atoms with van der Waals surface area (Å²) in [5.41, 5.74) is 1.34. The minimum absolute atomic E-state index is 0.144. The van der Waals surface area contributed by atoms with Gasteiger partial charge >= 0.3 is 5.97 Å². The van der Waals surface area contributed by atoms with Crippen molar-refractivity contribution in [1.82, 2.24) is 10.2 Å². The molecule has 15 heavy (non-hydrogen) atoms. The fraction of sp³-hybridized carbons (Fsp3) is 0.444. The maximum Gasteiger partial charge on any atom is 0.309 e. The second-order valence-corrected chi connectivity index (χ2v) is 3.96. The van der Waals surface area contributed by atoms with Crippen LogP contribution in [0.1, 0.15) is 29.9 Å². The molecule has 4 N–H and O–H groups in total. The molecule has 0 radical (unpaired) electrons. The second-order valence-electron chi connectivity index (χ2n) is 3.96. The van der Waals surface area contributed by atoms with Gasteiger partial charge in [0.1, 0.15) is 0 Å². The van der Waals surface area contributed by atoms with Crippen LogP contribution in [0.15, 0.2) is 6.20 Å². The van der Waals surface area contributed by atoms with E-state index in [9.17, 15) is 9.59 Å². The molecule has 0 aliphatic rings. The van der Waals surface area contributed by atoms with Gasteiger partial charge in [0.15, 0.2) is 1.41 Å². The average Bonchev–Trinajstić information content (AvgIpc) is 2.63. The topological polar surface area (TPSA) is 109 Å². The molecule has 0 unspecified atom stereocenters. The maximum absolute atomic E-state index is 11.2. The highest BCUT2D eigenvalue weighted by Crippen LogP contribution is 2.22. The van der Waals surface area contributed by atoms with Gasteiger partial charge in [0.2, 0.25) is 0 Å². The molecular formula is C9H13N3O3. The number of carbonyl (C=O) groups is 2. The first-order chi connectivity index (χ1) is 7.38. The standard InChI is InChI=1S/C9H13N3O3/c1-9(2,8(14)15)3-6-5(7(10)13)4-11-12-6/h4H,3H2,1-2H3,(H2,10,13)(H,11,12)(H,14,15)/i/hD. The first-order valence-corrected chi connectivity index (χ1v) is 4.36. The normalized spacial score (nSPS) is 12.0. The number of rotatable bonds is 4. The third-order valence-corrected chi connectivity index (χ3v) is 2.16. The highest BCUT2D eigenvalue weighted by atomic mass is 16.4. The van der Waals surface area contributed by atoms with E-state index >= 15 is 0 Å². The fourth-order valence-corrected chi connectivity index (χ4v) is 1.16. The van der Waals surface area contributed by atoms with Crippen molar-refractivity contribution in [2.75, 3.05) is 0 Å². The molecule has 6 nitrogen and oxygen atoms in total. The minimum atomic E-state index is -0.996. The molecule has 0 fully saturated rings. The lowest BCUT2D eigenvalue weighted by Gasteiger charge is -2.18. The number of nitrogens with one attached hydrogen (secondary N) is 1. The summed E-state index contributed by atoms with van der Waals surface area (Å²) in [6.45, 7) is 3.11. The molecule has 1 amide bonds. The Bertz CT molecular complexity index is 414. The molecule has 0 bridgehead atoms. The monoisotopic (exact) mass is 212 g/mol. The summed E-state index contributed by atoms with van der Waals surface area (Å²) in [5, 5.41) is 15.2. The number of carbonyl (C=O) groups excluding carboxylic acids is 1. The van der Waals surface area contributed by atoms with Gasteiger partial charge in [0, 0.05) is 12.1 Å². The molecule has 0 aliphatic heterocycles. The van der Waals surface area contributed by atoms with Crippen LogP contribution in [0.25, 0.3) is 0 Å². The molecule has 6 heteroatoms. The highest BCUT2D eigenvalue weighted by molar-refractivity contribution is 5.93. The van der Waals surface area contributed by atoms with Gasteiger partial charge in [-0.2, -0.15) is 5.10 Å². The van der Waals surface area contributed by atoms with E-state index in [1.807, 2.05) is 0 Å². The molecule has 0 saturated heterocycles. The van der Waals surface area contributed by atoms with Crippen molar-refractivity contribution in [3.8, 4) is 0 Å². The lowest BCUT2D eigenvalue weighted by molar-refractivity contribution is -0.146. The summed E-state index contributed by atoms with van der Waals surface area (Å²) in [5.74, 6) is -1.57. The van der Waals surface area contributed by atoms with Crippen LogP contribution in [-0.4, -0.2) is 27.2 Å². The maximum atomic E-state index is 11.2. The van der Waals surface area contributed by atoms with Crippen molar-refractivity contribution < 1.29 is 16.1 Å². The molecule has 0 spiro atoms. The minimum Gasteiger partial charge on any atom is -0.481 e. The number of carboxylic acids is 1. The number of amides is 1. The lowest BCUT2D eigenvalue weighted by atomic mass is 9.87. The molecule has 1 rings (SSSR count). The van der Waals surface area contributed by atoms with Crippen molar-refractivity contribution in [2.45, 2.75) is 20.3 Å². The number of carboxylic acid groups (broad SMARTS) is 1. The molecule has 82 valence electrons. The summed E-state index contributed by atoms with van der Waals surface area (Å²) in [6, 6.07) is 0. The Balaban J connectivity index is 2.94. The first-order valence-electron chi connectivity index (χ1n) is 4.86. The second kappa shape index (κ2) is 3.72. The lowest BCUT2D eigenvalue weighted by Crippen LogP contribution is -2.27. The summed E-state index contributed by atoms with van der Waals surface area (Å²) in [7, 11) is 0. The third kappa shape index (κ3) is 2.34. The van der Waals surface area contributed by atoms with Crippen LogP contribution in [0.3, 0.4) is 0 Å². The number of H-pyrrole nitrogens is 1. The molecule has 0 atom stereocenters. The quantitative estimate of drug-likeness (QED) is 0.660. The van der Waals surface area contributed by atoms with Gasteiger partial charge in [-0.25, -0.2) is 0 Å². The van der Waals surface area contributed by atoms with Gasteiger partial charge in [0.25, 0.3) is 5.91 Å². The smallest absolute Gasteiger partial charge is 0.309 e. The van der Waals surface area contributed by atoms with Crippen LogP contribution in [0.2, 0.25) is 1.41 Å². The van der Waals surface area contributed by atoms with E-state index in [2.05, 4.69) is 10.2 Å². The van der Waals surface area contributed by atoms with Gasteiger partial charge in [-0.15, -0.1) is 0 Å². The van der Waals surface area contributed by atoms with Crippen LogP contribution in [-0.2, 0) is 11.2 Å². The van der Waals surface area contributed by atoms with Crippen molar-refractivity contribution >= 4 is 11.9 Å². The zero-order valence-corrected chi connectivity index (χ0v) is 8.50. The zero-order chi connectivity index (χ0) is 12.3. The van der Waals surface area contributed by atoms with Crippen LogP contribution < -0.4 is 5.73 Å². The number of aromatic amines is 1. The van der Waals surface area contributed by atoms with E-state index in [4.69, 9.17) is 6.52 Å². The van der Waals surface area contributed by atoms with E-state index in [0.29, 0.717) is 5.69 Å². The van der Waals surface area contributed by atoms with Crippen LogP contribution in [0, 0.1) is 5.41 Å². The van der Waals surface area contributed by atoms with Gasteiger partial charge in [-0.1, -0.05) is 0 Å². The van der Waals surface area contributed by atoms with Crippen LogP contribution in [0.4, 0.5) is 0 Å². The summed E-state index contributed by atoms with van der Waals surface area (Å²) < 4.78 is 6.74. The zero-order valence-electron chi connectivity index (χ0n) is 9.50. The fourth-order valence-electron chi connectivity index (χ4n) is 1.16. The van der Waals surface area contributed by atoms with Crippen LogP contribution in [0.5, 0.6) is 0 Å². The number of nitrogens with two attached hydrogens (primary N) is 1. The summed E-state index contributed by atoms with van der Waals surface area (Å²) >= 11 is 0. The Kier molecular flexibility index (Phi) is 2.40. The Morgan fingerprint density at radius 1 is 1.73 bits per heavy atom.